The van der Waals surface area contributed by atoms with E-state index in [0.717, 1.165) is 0 Å². The first kappa shape index (κ1) is 20.0. The largest absolute Gasteiger partial charge is 0.482 e. The summed E-state index contributed by atoms with van der Waals surface area (Å²) in [6.45, 7) is 2.80. The number of nitrogens with one attached hydrogen (secondary N) is 1. The average Bonchev–Trinajstić information content (AvgIpc) is 2.65. The van der Waals surface area contributed by atoms with Gasteiger partial charge in [-0.3, -0.25) is 4.79 Å². The van der Waals surface area contributed by atoms with E-state index in [-0.39, 0.29) is 12.7 Å². The average molecular weight is 371 g/mol. The lowest BCUT2D eigenvalue weighted by Gasteiger charge is -2.09. The van der Waals surface area contributed by atoms with Crippen molar-refractivity contribution in [3.8, 4) is 5.75 Å². The zero-order valence-electron chi connectivity index (χ0n) is 15.1. The summed E-state index contributed by atoms with van der Waals surface area (Å²) in [6, 6.07) is 15.0. The molecule has 142 valence electrons. The van der Waals surface area contributed by atoms with E-state index in [1.807, 2.05) is 6.07 Å². The molecule has 7 nitrogen and oxygen atoms in total. The molecule has 0 aliphatic carbocycles. The van der Waals surface area contributed by atoms with Crippen LogP contribution in [0.2, 0.25) is 0 Å². The number of ether oxygens (including phenoxy) is 3. The molecule has 0 aliphatic rings. The highest BCUT2D eigenvalue weighted by molar-refractivity contribution is 5.94. The van der Waals surface area contributed by atoms with E-state index in [1.165, 1.54) is 0 Å². The summed E-state index contributed by atoms with van der Waals surface area (Å²) in [5.74, 6) is -1.05. The second kappa shape index (κ2) is 9.96. The lowest BCUT2D eigenvalue weighted by atomic mass is 10.2. The van der Waals surface area contributed by atoms with Crippen LogP contribution in [-0.2, 0) is 19.1 Å². The number of amides is 1. The normalized spacial score (nSPS) is 10.2. The van der Waals surface area contributed by atoms with Gasteiger partial charge >= 0.3 is 11.9 Å². The highest BCUT2D eigenvalue weighted by Gasteiger charge is 2.11. The summed E-state index contributed by atoms with van der Waals surface area (Å²) in [5, 5.41) is 2.57. The van der Waals surface area contributed by atoms with E-state index < -0.39 is 24.5 Å². The number of para-hydroxylation sites is 1. The molecule has 0 bridgehead atoms. The van der Waals surface area contributed by atoms with Crippen molar-refractivity contribution in [1.29, 1.82) is 0 Å². The van der Waals surface area contributed by atoms with E-state index in [1.54, 1.807) is 62.4 Å². The Morgan fingerprint density at radius 3 is 2.22 bits per heavy atom. The van der Waals surface area contributed by atoms with Crippen LogP contribution in [0, 0.1) is 0 Å². The maximum atomic E-state index is 11.8. The van der Waals surface area contributed by atoms with Crippen LogP contribution in [0.1, 0.15) is 24.2 Å². The summed E-state index contributed by atoms with van der Waals surface area (Å²) < 4.78 is 15.2. The molecule has 1 amide bonds. The fourth-order valence-corrected chi connectivity index (χ4v) is 2.02. The van der Waals surface area contributed by atoms with Gasteiger partial charge in [-0.1, -0.05) is 18.2 Å². The molecule has 2 rings (SSSR count). The molecule has 0 radical (unpaired) electrons. The van der Waals surface area contributed by atoms with Gasteiger partial charge < -0.3 is 19.5 Å². The Hall–Kier alpha value is -3.35. The van der Waals surface area contributed by atoms with E-state index in [0.29, 0.717) is 17.0 Å². The fraction of sp³-hybridized carbons (Fsp3) is 0.250. The SMILES string of the molecule is CC(C)OC(=O)c1ccc(NC(=O)COC(=O)COc2ccccc2)cc1. The van der Waals surface area contributed by atoms with Crippen LogP contribution in [0.4, 0.5) is 5.69 Å². The van der Waals surface area contributed by atoms with Crippen molar-refractivity contribution in [3.05, 3.63) is 60.2 Å². The third-order valence-corrected chi connectivity index (χ3v) is 3.21. The lowest BCUT2D eigenvalue weighted by Crippen LogP contribution is -2.23. The minimum atomic E-state index is -0.652. The maximum Gasteiger partial charge on any atom is 0.344 e. The molecule has 1 N–H and O–H groups in total. The Kier molecular flexibility index (Phi) is 7.37. The first-order valence-corrected chi connectivity index (χ1v) is 8.38. The van der Waals surface area contributed by atoms with Gasteiger partial charge in [0.1, 0.15) is 5.75 Å². The third kappa shape index (κ3) is 7.19. The van der Waals surface area contributed by atoms with Gasteiger partial charge in [-0.15, -0.1) is 0 Å². The molecule has 2 aromatic rings. The number of hydrogen-bond donors (Lipinski definition) is 1. The summed E-state index contributed by atoms with van der Waals surface area (Å²) in [6.07, 6.45) is -0.211. The van der Waals surface area contributed by atoms with Gasteiger partial charge in [-0.05, 0) is 50.2 Å². The highest BCUT2D eigenvalue weighted by Crippen LogP contribution is 2.11. The van der Waals surface area contributed by atoms with Gasteiger partial charge in [0.05, 0.1) is 11.7 Å². The van der Waals surface area contributed by atoms with E-state index in [2.05, 4.69) is 5.32 Å². The van der Waals surface area contributed by atoms with Gasteiger partial charge in [0.15, 0.2) is 13.2 Å². The predicted molar refractivity (Wildman–Crippen MR) is 98.5 cm³/mol. The predicted octanol–water partition coefficient (Wildman–Crippen LogP) is 2.81. The van der Waals surface area contributed by atoms with Crippen molar-refractivity contribution >= 4 is 23.5 Å². The second-order valence-electron chi connectivity index (χ2n) is 5.84. The molecular formula is C20H21NO6. The molecule has 0 saturated heterocycles. The van der Waals surface area contributed by atoms with Crippen molar-refractivity contribution in [3.63, 3.8) is 0 Å². The number of rotatable bonds is 8. The van der Waals surface area contributed by atoms with Crippen LogP contribution in [0.25, 0.3) is 0 Å². The molecule has 0 fully saturated rings. The van der Waals surface area contributed by atoms with Crippen LogP contribution in [0.15, 0.2) is 54.6 Å². The van der Waals surface area contributed by atoms with Crippen molar-refractivity contribution in [2.75, 3.05) is 18.5 Å². The number of hydrogen-bond acceptors (Lipinski definition) is 6. The standard InChI is InChI=1S/C20H21NO6/c1-14(2)27-20(24)15-8-10-16(11-9-15)21-18(22)12-26-19(23)13-25-17-6-4-3-5-7-17/h3-11,14H,12-13H2,1-2H3,(H,21,22). The molecule has 27 heavy (non-hydrogen) atoms. The van der Waals surface area contributed by atoms with Gasteiger partial charge in [-0.25, -0.2) is 9.59 Å². The van der Waals surface area contributed by atoms with Crippen LogP contribution >= 0.6 is 0 Å². The zero-order chi connectivity index (χ0) is 19.6. The Labute approximate surface area is 157 Å². The van der Waals surface area contributed by atoms with E-state index >= 15 is 0 Å². The fourth-order valence-electron chi connectivity index (χ4n) is 2.02. The zero-order valence-corrected chi connectivity index (χ0v) is 15.1. The van der Waals surface area contributed by atoms with E-state index in [4.69, 9.17) is 14.2 Å². The first-order valence-electron chi connectivity index (χ1n) is 8.38. The third-order valence-electron chi connectivity index (χ3n) is 3.21. The smallest absolute Gasteiger partial charge is 0.344 e. The van der Waals surface area contributed by atoms with Gasteiger partial charge in [0.2, 0.25) is 0 Å². The number of esters is 2. The lowest BCUT2D eigenvalue weighted by molar-refractivity contribution is -0.149. The molecule has 0 spiro atoms. The molecule has 0 unspecified atom stereocenters. The molecular weight excluding hydrogens is 350 g/mol. The molecule has 0 atom stereocenters. The molecule has 0 saturated carbocycles. The molecule has 7 heteroatoms. The van der Waals surface area contributed by atoms with Crippen LogP contribution < -0.4 is 10.1 Å². The number of carbonyl (C=O) groups excluding carboxylic acids is 3. The topological polar surface area (TPSA) is 90.9 Å². The van der Waals surface area contributed by atoms with Gasteiger partial charge in [0, 0.05) is 5.69 Å². The second-order valence-corrected chi connectivity index (χ2v) is 5.84. The first-order chi connectivity index (χ1) is 12.9. The van der Waals surface area contributed by atoms with E-state index in [9.17, 15) is 14.4 Å². The Morgan fingerprint density at radius 1 is 0.926 bits per heavy atom. The summed E-state index contributed by atoms with van der Waals surface area (Å²) in [5.41, 5.74) is 0.851. The maximum absolute atomic E-state index is 11.8. The quantitative estimate of drug-likeness (QED) is 0.718. The van der Waals surface area contributed by atoms with Crippen LogP contribution in [0.5, 0.6) is 5.75 Å². The minimum Gasteiger partial charge on any atom is -0.482 e. The highest BCUT2D eigenvalue weighted by atomic mass is 16.6. The molecule has 0 aliphatic heterocycles. The minimum absolute atomic E-state index is 0.211. The van der Waals surface area contributed by atoms with Crippen molar-refractivity contribution < 1.29 is 28.6 Å². The van der Waals surface area contributed by atoms with Gasteiger partial charge in [-0.2, -0.15) is 0 Å². The number of carbonyl (C=O) groups is 3. The molecule has 0 aromatic heterocycles. The molecule has 0 heterocycles. The molecule has 2 aromatic carbocycles. The Bertz CT molecular complexity index is 771. The number of anilines is 1. The van der Waals surface area contributed by atoms with Crippen molar-refractivity contribution in [2.24, 2.45) is 0 Å². The van der Waals surface area contributed by atoms with Crippen LogP contribution in [0.3, 0.4) is 0 Å². The van der Waals surface area contributed by atoms with Crippen LogP contribution in [-0.4, -0.2) is 37.2 Å². The Balaban J connectivity index is 1.73. The summed E-state index contributed by atoms with van der Waals surface area (Å²) >= 11 is 0. The van der Waals surface area contributed by atoms with Crippen molar-refractivity contribution in [1.82, 2.24) is 0 Å². The van der Waals surface area contributed by atoms with Crippen molar-refractivity contribution in [2.45, 2.75) is 20.0 Å². The number of benzene rings is 2. The summed E-state index contributed by atoms with van der Waals surface area (Å²) in [7, 11) is 0. The Morgan fingerprint density at radius 2 is 1.59 bits per heavy atom. The summed E-state index contributed by atoms with van der Waals surface area (Å²) in [4.78, 5) is 35.2. The monoisotopic (exact) mass is 371 g/mol. The van der Waals surface area contributed by atoms with Gasteiger partial charge in [0.25, 0.3) is 5.91 Å².